The number of rotatable bonds is 2. The quantitative estimate of drug-likeness (QED) is 0.782. The second-order valence-electron chi connectivity index (χ2n) is 5.66. The Morgan fingerprint density at radius 1 is 1.09 bits per heavy atom. The van der Waals surface area contributed by atoms with Crippen LogP contribution in [0.3, 0.4) is 0 Å². The summed E-state index contributed by atoms with van der Waals surface area (Å²) in [7, 11) is 0. The van der Waals surface area contributed by atoms with Gasteiger partial charge < -0.3 is 5.32 Å². The zero-order chi connectivity index (χ0) is 15.6. The Kier molecular flexibility index (Phi) is 3.54. The molecule has 3 aromatic rings. The summed E-state index contributed by atoms with van der Waals surface area (Å²) in [4.78, 5) is 4.19. The summed E-state index contributed by atoms with van der Waals surface area (Å²) in [6.45, 7) is 0.875. The van der Waals surface area contributed by atoms with Crippen molar-refractivity contribution in [3.63, 3.8) is 0 Å². The molecule has 0 spiro atoms. The summed E-state index contributed by atoms with van der Waals surface area (Å²) in [6, 6.07) is 10.6. The molecule has 2 aromatic heterocycles. The molecular weight excluding hydrogens is 291 g/mol. The van der Waals surface area contributed by atoms with Crippen LogP contribution in [0.5, 0.6) is 0 Å². The van der Waals surface area contributed by atoms with Crippen LogP contribution < -0.4 is 5.32 Å². The van der Waals surface area contributed by atoms with Crippen LogP contribution in [0.2, 0.25) is 0 Å². The first-order chi connectivity index (χ1) is 11.3. The van der Waals surface area contributed by atoms with E-state index in [0.717, 1.165) is 48.4 Å². The highest BCUT2D eigenvalue weighted by Gasteiger charge is 2.22. The Labute approximate surface area is 134 Å². The molecular formula is C18H17FN4. The van der Waals surface area contributed by atoms with Crippen molar-refractivity contribution in [1.29, 1.82) is 0 Å². The molecule has 0 saturated heterocycles. The minimum atomic E-state index is -0.276. The first-order valence-corrected chi connectivity index (χ1v) is 7.85. The van der Waals surface area contributed by atoms with E-state index in [4.69, 9.17) is 5.10 Å². The molecule has 23 heavy (non-hydrogen) atoms. The van der Waals surface area contributed by atoms with E-state index >= 15 is 0 Å². The second kappa shape index (κ2) is 5.83. The predicted octanol–water partition coefficient (Wildman–Crippen LogP) is 3.82. The highest BCUT2D eigenvalue weighted by molar-refractivity contribution is 5.70. The maximum atomic E-state index is 14.3. The molecule has 0 fully saturated rings. The number of pyridine rings is 1. The lowest BCUT2D eigenvalue weighted by atomic mass is 10.1. The summed E-state index contributed by atoms with van der Waals surface area (Å²) in [5.41, 5.74) is 3.44. The largest absolute Gasteiger partial charge is 0.370 e. The molecule has 0 radical (unpaired) electrons. The Balaban J connectivity index is 1.94. The number of fused-ring (bicyclic) bond motifs is 1. The van der Waals surface area contributed by atoms with Gasteiger partial charge in [0.2, 0.25) is 0 Å². The van der Waals surface area contributed by atoms with E-state index in [-0.39, 0.29) is 5.82 Å². The van der Waals surface area contributed by atoms with Crippen molar-refractivity contribution in [1.82, 2.24) is 14.8 Å². The Morgan fingerprint density at radius 3 is 2.83 bits per heavy atom. The summed E-state index contributed by atoms with van der Waals surface area (Å²) in [5.74, 6) is 0.619. The molecule has 0 amide bonds. The van der Waals surface area contributed by atoms with Crippen LogP contribution in [0, 0.1) is 5.82 Å². The van der Waals surface area contributed by atoms with Gasteiger partial charge in [0, 0.05) is 30.1 Å². The average Bonchev–Trinajstić information content (AvgIpc) is 2.78. The normalized spacial score (nSPS) is 14.0. The number of nitrogens with zero attached hydrogens (tertiary/aromatic N) is 3. The van der Waals surface area contributed by atoms with Crippen molar-refractivity contribution in [3.8, 4) is 16.9 Å². The van der Waals surface area contributed by atoms with Gasteiger partial charge in [-0.25, -0.2) is 9.07 Å². The van der Waals surface area contributed by atoms with Gasteiger partial charge in [-0.2, -0.15) is 5.10 Å². The van der Waals surface area contributed by atoms with Crippen LogP contribution in [0.15, 0.2) is 48.8 Å². The maximum absolute atomic E-state index is 14.3. The molecule has 5 heteroatoms. The Hall–Kier alpha value is -2.69. The first kappa shape index (κ1) is 13.9. The average molecular weight is 308 g/mol. The maximum Gasteiger partial charge on any atom is 0.148 e. The number of aromatic nitrogens is 3. The molecule has 1 aliphatic heterocycles. The van der Waals surface area contributed by atoms with Crippen LogP contribution in [-0.2, 0) is 6.42 Å². The smallest absolute Gasteiger partial charge is 0.148 e. The van der Waals surface area contributed by atoms with E-state index in [1.165, 1.54) is 6.07 Å². The van der Waals surface area contributed by atoms with Crippen LogP contribution in [0.4, 0.5) is 10.2 Å². The third kappa shape index (κ3) is 2.48. The van der Waals surface area contributed by atoms with Crippen LogP contribution in [0.25, 0.3) is 16.9 Å². The van der Waals surface area contributed by atoms with Gasteiger partial charge in [0.05, 0.1) is 5.69 Å². The SMILES string of the molecule is Fc1ccccc1-n1nc(-c2cccnc2)c2c1NCCCC2. The molecule has 3 heterocycles. The lowest BCUT2D eigenvalue weighted by Crippen LogP contribution is -2.08. The lowest BCUT2D eigenvalue weighted by Gasteiger charge is -2.09. The molecule has 0 saturated carbocycles. The molecule has 1 N–H and O–H groups in total. The van der Waals surface area contributed by atoms with Gasteiger partial charge in [-0.05, 0) is 43.5 Å². The van der Waals surface area contributed by atoms with E-state index < -0.39 is 0 Å². The van der Waals surface area contributed by atoms with Gasteiger partial charge in [0.25, 0.3) is 0 Å². The summed E-state index contributed by atoms with van der Waals surface area (Å²) < 4.78 is 16.0. The molecule has 1 aromatic carbocycles. The van der Waals surface area contributed by atoms with Gasteiger partial charge in [-0.3, -0.25) is 4.98 Å². The molecule has 116 valence electrons. The van der Waals surface area contributed by atoms with E-state index in [1.807, 2.05) is 18.2 Å². The highest BCUT2D eigenvalue weighted by atomic mass is 19.1. The number of halogens is 1. The topological polar surface area (TPSA) is 42.7 Å². The van der Waals surface area contributed by atoms with Gasteiger partial charge in [-0.15, -0.1) is 0 Å². The lowest BCUT2D eigenvalue weighted by molar-refractivity contribution is 0.611. The van der Waals surface area contributed by atoms with Gasteiger partial charge in [-0.1, -0.05) is 12.1 Å². The van der Waals surface area contributed by atoms with Crippen molar-refractivity contribution in [3.05, 3.63) is 60.2 Å². The predicted molar refractivity (Wildman–Crippen MR) is 88.2 cm³/mol. The van der Waals surface area contributed by atoms with Crippen LogP contribution in [-0.4, -0.2) is 21.3 Å². The van der Waals surface area contributed by atoms with Gasteiger partial charge >= 0.3 is 0 Å². The van der Waals surface area contributed by atoms with E-state index in [2.05, 4.69) is 10.3 Å². The number of hydrogen-bond acceptors (Lipinski definition) is 3. The highest BCUT2D eigenvalue weighted by Crippen LogP contribution is 2.34. The number of nitrogens with one attached hydrogen (secondary N) is 1. The molecule has 0 atom stereocenters. The fourth-order valence-electron chi connectivity index (χ4n) is 3.03. The minimum Gasteiger partial charge on any atom is -0.370 e. The second-order valence-corrected chi connectivity index (χ2v) is 5.66. The number of hydrogen-bond donors (Lipinski definition) is 1. The van der Waals surface area contributed by atoms with Crippen molar-refractivity contribution in [2.75, 3.05) is 11.9 Å². The third-order valence-corrected chi connectivity index (χ3v) is 4.15. The summed E-state index contributed by atoms with van der Waals surface area (Å²) >= 11 is 0. The standard InChI is InChI=1S/C18H17FN4/c19-15-8-1-2-9-16(15)23-18-14(7-3-4-11-21-18)17(22-23)13-6-5-10-20-12-13/h1-2,5-6,8-10,12,21H,3-4,7,11H2. The molecule has 1 aliphatic rings. The molecule has 0 bridgehead atoms. The zero-order valence-electron chi connectivity index (χ0n) is 12.7. The number of para-hydroxylation sites is 1. The zero-order valence-corrected chi connectivity index (χ0v) is 12.7. The van der Waals surface area contributed by atoms with Crippen molar-refractivity contribution < 1.29 is 4.39 Å². The first-order valence-electron chi connectivity index (χ1n) is 7.85. The number of anilines is 1. The van der Waals surface area contributed by atoms with Gasteiger partial charge in [0.15, 0.2) is 0 Å². The van der Waals surface area contributed by atoms with E-state index in [9.17, 15) is 4.39 Å². The number of benzene rings is 1. The molecule has 0 aliphatic carbocycles. The summed E-state index contributed by atoms with van der Waals surface area (Å²) in [6.07, 6.45) is 6.67. The van der Waals surface area contributed by atoms with Crippen molar-refractivity contribution in [2.45, 2.75) is 19.3 Å². The van der Waals surface area contributed by atoms with E-state index in [0.29, 0.717) is 5.69 Å². The molecule has 0 unspecified atom stereocenters. The van der Waals surface area contributed by atoms with Crippen molar-refractivity contribution in [2.24, 2.45) is 0 Å². The third-order valence-electron chi connectivity index (χ3n) is 4.15. The Bertz CT molecular complexity index is 826. The Morgan fingerprint density at radius 2 is 2.00 bits per heavy atom. The fraction of sp³-hybridized carbons (Fsp3) is 0.222. The van der Waals surface area contributed by atoms with Crippen molar-refractivity contribution >= 4 is 5.82 Å². The molecule has 4 nitrogen and oxygen atoms in total. The minimum absolute atomic E-state index is 0.276. The van der Waals surface area contributed by atoms with E-state index in [1.54, 1.807) is 29.2 Å². The molecule has 4 rings (SSSR count). The fourth-order valence-corrected chi connectivity index (χ4v) is 3.03. The van der Waals surface area contributed by atoms with Crippen LogP contribution >= 0.6 is 0 Å². The summed E-state index contributed by atoms with van der Waals surface area (Å²) in [5, 5.41) is 8.13. The monoisotopic (exact) mass is 308 g/mol. The van der Waals surface area contributed by atoms with Gasteiger partial charge in [0.1, 0.15) is 17.3 Å². The van der Waals surface area contributed by atoms with Crippen LogP contribution in [0.1, 0.15) is 18.4 Å².